The van der Waals surface area contributed by atoms with E-state index in [1.807, 2.05) is 57.7 Å². The third-order valence-electron chi connectivity index (χ3n) is 3.74. The summed E-state index contributed by atoms with van der Waals surface area (Å²) in [7, 11) is 1.63. The lowest BCUT2D eigenvalue weighted by Crippen LogP contribution is -2.42. The molecule has 0 saturated carbocycles. The molecule has 1 aromatic heterocycles. The lowest BCUT2D eigenvalue weighted by atomic mass is 10.2. The van der Waals surface area contributed by atoms with Crippen LogP contribution in [0.2, 0.25) is 0 Å². The molecule has 0 fully saturated rings. The Morgan fingerprint density at radius 1 is 1.17 bits per heavy atom. The minimum atomic E-state index is -0.0552. The van der Waals surface area contributed by atoms with Crippen LogP contribution in [0, 0.1) is 6.92 Å². The summed E-state index contributed by atoms with van der Waals surface area (Å²) in [5, 5.41) is 4.46. The van der Waals surface area contributed by atoms with Crippen LogP contribution in [-0.2, 0) is 0 Å². The lowest BCUT2D eigenvalue weighted by Gasteiger charge is -2.30. The molecule has 23 heavy (non-hydrogen) atoms. The summed E-state index contributed by atoms with van der Waals surface area (Å²) in [4.78, 5) is 14.5. The monoisotopic (exact) mass is 315 g/mol. The lowest BCUT2D eigenvalue weighted by molar-refractivity contribution is 0.0637. The Balaban J connectivity index is 2.38. The molecule has 0 spiro atoms. The van der Waals surface area contributed by atoms with Gasteiger partial charge in [0, 0.05) is 18.3 Å². The Bertz CT molecular complexity index is 681. The number of carbonyl (C=O) groups excluding carboxylic acids is 1. The van der Waals surface area contributed by atoms with Gasteiger partial charge in [0.1, 0.15) is 11.4 Å². The van der Waals surface area contributed by atoms with E-state index in [0.29, 0.717) is 5.69 Å². The number of rotatable bonds is 5. The number of benzene rings is 1. The van der Waals surface area contributed by atoms with Crippen molar-refractivity contribution in [2.45, 2.75) is 46.7 Å². The van der Waals surface area contributed by atoms with Gasteiger partial charge in [-0.25, -0.2) is 4.68 Å². The number of hydrogen-bond donors (Lipinski definition) is 0. The van der Waals surface area contributed by atoms with E-state index in [0.717, 1.165) is 17.0 Å². The van der Waals surface area contributed by atoms with E-state index < -0.39 is 0 Å². The molecule has 2 aromatic rings. The SMILES string of the molecule is COc1ccc(C)cc1-n1ccc(C(=O)N(C(C)C)C(C)C)n1. The Morgan fingerprint density at radius 2 is 1.83 bits per heavy atom. The van der Waals surface area contributed by atoms with Crippen molar-refractivity contribution < 1.29 is 9.53 Å². The fourth-order valence-electron chi connectivity index (χ4n) is 2.75. The molecular formula is C18H25N3O2. The molecule has 1 heterocycles. The summed E-state index contributed by atoms with van der Waals surface area (Å²) < 4.78 is 7.08. The summed E-state index contributed by atoms with van der Waals surface area (Å²) in [5.74, 6) is 0.669. The van der Waals surface area contributed by atoms with E-state index >= 15 is 0 Å². The number of carbonyl (C=O) groups is 1. The third-order valence-corrected chi connectivity index (χ3v) is 3.74. The van der Waals surface area contributed by atoms with Gasteiger partial charge >= 0.3 is 0 Å². The van der Waals surface area contributed by atoms with E-state index in [2.05, 4.69) is 5.10 Å². The zero-order valence-corrected chi connectivity index (χ0v) is 14.7. The van der Waals surface area contributed by atoms with Crippen LogP contribution in [0.25, 0.3) is 5.69 Å². The summed E-state index contributed by atoms with van der Waals surface area (Å²) in [6.45, 7) is 10.1. The van der Waals surface area contributed by atoms with Gasteiger partial charge in [-0.15, -0.1) is 0 Å². The van der Waals surface area contributed by atoms with Crippen LogP contribution in [0.4, 0.5) is 0 Å². The van der Waals surface area contributed by atoms with Crippen molar-refractivity contribution in [1.82, 2.24) is 14.7 Å². The highest BCUT2D eigenvalue weighted by Crippen LogP contribution is 2.24. The number of aromatic nitrogens is 2. The van der Waals surface area contributed by atoms with Gasteiger partial charge in [0.25, 0.3) is 5.91 Å². The van der Waals surface area contributed by atoms with Gasteiger partial charge in [-0.1, -0.05) is 6.07 Å². The molecule has 0 saturated heterocycles. The Labute approximate surface area is 137 Å². The van der Waals surface area contributed by atoms with Gasteiger partial charge < -0.3 is 9.64 Å². The highest BCUT2D eigenvalue weighted by molar-refractivity contribution is 5.92. The standard InChI is InChI=1S/C18H25N3O2/c1-12(2)21(13(3)4)18(22)15-9-10-20(19-15)16-11-14(5)7-8-17(16)23-6/h7-13H,1-6H3. The second-order valence-corrected chi connectivity index (χ2v) is 6.22. The van der Waals surface area contributed by atoms with Crippen LogP contribution in [-0.4, -0.2) is 39.8 Å². The molecule has 0 aliphatic carbocycles. The van der Waals surface area contributed by atoms with Crippen molar-refractivity contribution in [1.29, 1.82) is 0 Å². The number of ether oxygens (including phenoxy) is 1. The fraction of sp³-hybridized carbons (Fsp3) is 0.444. The molecule has 2 rings (SSSR count). The van der Waals surface area contributed by atoms with Crippen LogP contribution < -0.4 is 4.74 Å². The maximum atomic E-state index is 12.7. The van der Waals surface area contributed by atoms with Crippen LogP contribution >= 0.6 is 0 Å². The molecule has 1 aromatic carbocycles. The van der Waals surface area contributed by atoms with Crippen molar-refractivity contribution in [3.8, 4) is 11.4 Å². The summed E-state index contributed by atoms with van der Waals surface area (Å²) in [5.41, 5.74) is 2.37. The van der Waals surface area contributed by atoms with Crippen molar-refractivity contribution in [3.05, 3.63) is 41.7 Å². The van der Waals surface area contributed by atoms with Gasteiger partial charge in [0.15, 0.2) is 5.69 Å². The molecule has 0 aliphatic rings. The van der Waals surface area contributed by atoms with E-state index in [1.165, 1.54) is 0 Å². The normalized spacial score (nSPS) is 11.1. The average Bonchev–Trinajstić information content (AvgIpc) is 2.96. The Hall–Kier alpha value is -2.30. The first-order valence-electron chi connectivity index (χ1n) is 7.88. The van der Waals surface area contributed by atoms with Gasteiger partial charge in [-0.2, -0.15) is 5.10 Å². The second-order valence-electron chi connectivity index (χ2n) is 6.22. The van der Waals surface area contributed by atoms with Gasteiger partial charge in [-0.3, -0.25) is 4.79 Å². The molecular weight excluding hydrogens is 290 g/mol. The Kier molecular flexibility index (Phi) is 5.08. The first-order valence-corrected chi connectivity index (χ1v) is 7.88. The van der Waals surface area contributed by atoms with Crippen molar-refractivity contribution >= 4 is 5.91 Å². The molecule has 0 radical (unpaired) electrons. The smallest absolute Gasteiger partial charge is 0.274 e. The summed E-state index contributed by atoms with van der Waals surface area (Å²) in [6.07, 6.45) is 1.80. The average molecular weight is 315 g/mol. The van der Waals surface area contributed by atoms with E-state index in [1.54, 1.807) is 24.1 Å². The van der Waals surface area contributed by atoms with Crippen LogP contribution in [0.5, 0.6) is 5.75 Å². The minimum absolute atomic E-state index is 0.0552. The van der Waals surface area contributed by atoms with Gasteiger partial charge in [0.2, 0.25) is 0 Å². The second kappa shape index (κ2) is 6.86. The molecule has 0 aliphatic heterocycles. The van der Waals surface area contributed by atoms with E-state index in [9.17, 15) is 4.79 Å². The molecule has 0 bridgehead atoms. The summed E-state index contributed by atoms with van der Waals surface area (Å²) >= 11 is 0. The van der Waals surface area contributed by atoms with Gasteiger partial charge in [0.05, 0.1) is 7.11 Å². The number of aryl methyl sites for hydroxylation is 1. The first kappa shape index (κ1) is 17.1. The maximum Gasteiger partial charge on any atom is 0.274 e. The van der Waals surface area contributed by atoms with Crippen molar-refractivity contribution in [2.75, 3.05) is 7.11 Å². The van der Waals surface area contributed by atoms with Crippen molar-refractivity contribution in [3.63, 3.8) is 0 Å². The van der Waals surface area contributed by atoms with E-state index in [-0.39, 0.29) is 18.0 Å². The topological polar surface area (TPSA) is 47.4 Å². The molecule has 0 unspecified atom stereocenters. The molecule has 124 valence electrons. The molecule has 5 nitrogen and oxygen atoms in total. The minimum Gasteiger partial charge on any atom is -0.494 e. The zero-order chi connectivity index (χ0) is 17.1. The van der Waals surface area contributed by atoms with Crippen LogP contribution in [0.15, 0.2) is 30.5 Å². The molecule has 0 N–H and O–H groups in total. The number of nitrogens with zero attached hydrogens (tertiary/aromatic N) is 3. The maximum absolute atomic E-state index is 12.7. The third kappa shape index (κ3) is 3.55. The largest absolute Gasteiger partial charge is 0.494 e. The molecule has 5 heteroatoms. The van der Waals surface area contributed by atoms with Crippen LogP contribution in [0.1, 0.15) is 43.7 Å². The number of methoxy groups -OCH3 is 1. The Morgan fingerprint density at radius 3 is 2.39 bits per heavy atom. The highest BCUT2D eigenvalue weighted by Gasteiger charge is 2.23. The molecule has 0 atom stereocenters. The van der Waals surface area contributed by atoms with Crippen LogP contribution in [0.3, 0.4) is 0 Å². The molecule has 1 amide bonds. The predicted molar refractivity (Wildman–Crippen MR) is 91.3 cm³/mol. The highest BCUT2D eigenvalue weighted by atomic mass is 16.5. The summed E-state index contributed by atoms with van der Waals surface area (Å²) in [6, 6.07) is 7.88. The number of hydrogen-bond acceptors (Lipinski definition) is 3. The first-order chi connectivity index (χ1) is 10.8. The van der Waals surface area contributed by atoms with E-state index in [4.69, 9.17) is 4.74 Å². The number of amides is 1. The van der Waals surface area contributed by atoms with Crippen molar-refractivity contribution in [2.24, 2.45) is 0 Å². The quantitative estimate of drug-likeness (QED) is 0.849. The fourth-order valence-corrected chi connectivity index (χ4v) is 2.75. The predicted octanol–water partition coefficient (Wildman–Crippen LogP) is 3.45. The van der Waals surface area contributed by atoms with Gasteiger partial charge in [-0.05, 0) is 58.4 Å². The zero-order valence-electron chi connectivity index (χ0n) is 14.7.